The molecule has 0 aliphatic rings. The molecule has 1 N–H and O–H groups in total. The Morgan fingerprint density at radius 2 is 2.06 bits per heavy atom. The maximum atomic E-state index is 12.6. The Morgan fingerprint density at radius 3 is 2.88 bits per heavy atom. The number of amides is 1. The second-order valence-corrected chi connectivity index (χ2v) is 8.67. The predicted octanol–water partition coefficient (Wildman–Crippen LogP) is 5.66. The molecule has 1 aromatic carbocycles. The number of carbonyl (C=O) groups is 1. The molecular weight excluding hydrogens is 442 g/mol. The van der Waals surface area contributed by atoms with Crippen molar-refractivity contribution in [2.75, 3.05) is 5.32 Å². The number of benzene rings is 1. The molecule has 6 nitrogen and oxygen atoms in total. The van der Waals surface area contributed by atoms with E-state index in [0.717, 1.165) is 38.5 Å². The number of hydrogen-bond acceptors (Lipinski definition) is 5. The number of fused-ring (bicyclic) bond motifs is 1. The summed E-state index contributed by atoms with van der Waals surface area (Å²) in [6.45, 7) is 1.97. The van der Waals surface area contributed by atoms with Crippen LogP contribution in [-0.4, -0.2) is 25.5 Å². The molecule has 5 rings (SSSR count). The largest absolute Gasteiger partial charge is 0.326 e. The quantitative estimate of drug-likeness (QED) is 0.344. The molecule has 0 unspecified atom stereocenters. The van der Waals surface area contributed by atoms with Crippen molar-refractivity contribution in [1.82, 2.24) is 19.6 Å². The minimum absolute atomic E-state index is 0.0505. The lowest BCUT2D eigenvalue weighted by atomic mass is 10.0. The molecule has 32 heavy (non-hydrogen) atoms. The number of rotatable bonds is 5. The number of aryl methyl sites for hydroxylation is 1. The Hall–Kier alpha value is -3.55. The molecule has 0 aliphatic carbocycles. The van der Waals surface area contributed by atoms with E-state index in [0.29, 0.717) is 12.1 Å². The Kier molecular flexibility index (Phi) is 5.43. The van der Waals surface area contributed by atoms with E-state index in [1.165, 1.54) is 0 Å². The van der Waals surface area contributed by atoms with Gasteiger partial charge in [-0.25, -0.2) is 14.5 Å². The molecule has 0 fully saturated rings. The molecule has 0 spiro atoms. The standard InChI is InChI=1S/C24H18ClN5OS/c1-15-7-8-16(13-19(15)27-21(31)14-17-5-4-12-32-17)23-22(18-9-10-26-24(25)28-18)20-6-2-3-11-30(20)29-23/h2-13H,14H2,1H3,(H,27,31). The molecule has 4 aromatic heterocycles. The normalized spacial score (nSPS) is 11.1. The van der Waals surface area contributed by atoms with Crippen LogP contribution in [0, 0.1) is 6.92 Å². The summed E-state index contributed by atoms with van der Waals surface area (Å²) >= 11 is 7.65. The van der Waals surface area contributed by atoms with Gasteiger partial charge in [-0.3, -0.25) is 4.79 Å². The minimum atomic E-state index is -0.0505. The van der Waals surface area contributed by atoms with Gasteiger partial charge in [-0.1, -0.05) is 24.3 Å². The number of nitrogens with zero attached hydrogens (tertiary/aromatic N) is 4. The molecule has 158 valence electrons. The number of hydrogen-bond donors (Lipinski definition) is 1. The van der Waals surface area contributed by atoms with E-state index < -0.39 is 0 Å². The molecule has 1 amide bonds. The van der Waals surface area contributed by atoms with Gasteiger partial charge < -0.3 is 5.32 Å². The van der Waals surface area contributed by atoms with Crippen molar-refractivity contribution in [3.05, 3.63) is 88.1 Å². The fourth-order valence-corrected chi connectivity index (χ4v) is 4.45. The lowest BCUT2D eigenvalue weighted by Crippen LogP contribution is -2.14. The zero-order valence-corrected chi connectivity index (χ0v) is 18.7. The van der Waals surface area contributed by atoms with Crippen LogP contribution in [-0.2, 0) is 11.2 Å². The van der Waals surface area contributed by atoms with Crippen molar-refractivity contribution < 1.29 is 4.79 Å². The van der Waals surface area contributed by atoms with E-state index in [1.54, 1.807) is 17.5 Å². The van der Waals surface area contributed by atoms with Gasteiger partial charge in [0.2, 0.25) is 11.2 Å². The van der Waals surface area contributed by atoms with Gasteiger partial charge >= 0.3 is 0 Å². The first-order valence-electron chi connectivity index (χ1n) is 9.98. The fraction of sp³-hybridized carbons (Fsp3) is 0.0833. The Balaban J connectivity index is 1.58. The van der Waals surface area contributed by atoms with Crippen LogP contribution in [0.25, 0.3) is 28.0 Å². The summed E-state index contributed by atoms with van der Waals surface area (Å²) in [5.41, 5.74) is 5.80. The topological polar surface area (TPSA) is 72.2 Å². The number of pyridine rings is 1. The lowest BCUT2D eigenvalue weighted by molar-refractivity contribution is -0.115. The van der Waals surface area contributed by atoms with Crippen molar-refractivity contribution in [3.8, 4) is 22.5 Å². The average Bonchev–Trinajstić information content (AvgIpc) is 3.43. The zero-order valence-electron chi connectivity index (χ0n) is 17.1. The van der Waals surface area contributed by atoms with Crippen LogP contribution in [0.5, 0.6) is 0 Å². The number of anilines is 1. The van der Waals surface area contributed by atoms with Gasteiger partial charge in [0.1, 0.15) is 5.69 Å². The number of aromatic nitrogens is 4. The van der Waals surface area contributed by atoms with Gasteiger partial charge in [0.25, 0.3) is 0 Å². The maximum absolute atomic E-state index is 12.6. The highest BCUT2D eigenvalue weighted by atomic mass is 35.5. The highest BCUT2D eigenvalue weighted by Gasteiger charge is 2.19. The summed E-state index contributed by atoms with van der Waals surface area (Å²) in [5.74, 6) is -0.0505. The Bertz CT molecular complexity index is 1430. The van der Waals surface area contributed by atoms with Crippen LogP contribution in [0.2, 0.25) is 5.28 Å². The summed E-state index contributed by atoms with van der Waals surface area (Å²) in [4.78, 5) is 22.0. The highest BCUT2D eigenvalue weighted by molar-refractivity contribution is 7.10. The molecule has 8 heteroatoms. The van der Waals surface area contributed by atoms with E-state index in [9.17, 15) is 4.79 Å². The van der Waals surface area contributed by atoms with Crippen molar-refractivity contribution in [1.29, 1.82) is 0 Å². The third-order valence-corrected chi connectivity index (χ3v) is 6.18. The fourth-order valence-electron chi connectivity index (χ4n) is 3.60. The zero-order chi connectivity index (χ0) is 22.1. The number of halogens is 1. The van der Waals surface area contributed by atoms with E-state index in [4.69, 9.17) is 16.7 Å². The Labute approximate surface area is 193 Å². The highest BCUT2D eigenvalue weighted by Crippen LogP contribution is 2.36. The van der Waals surface area contributed by atoms with Crippen molar-refractivity contribution in [2.24, 2.45) is 0 Å². The molecule has 0 saturated heterocycles. The van der Waals surface area contributed by atoms with Crippen molar-refractivity contribution in [2.45, 2.75) is 13.3 Å². The molecule has 0 aliphatic heterocycles. The third-order valence-electron chi connectivity index (χ3n) is 5.12. The van der Waals surface area contributed by atoms with Crippen LogP contribution in [0.3, 0.4) is 0 Å². The third kappa shape index (κ3) is 4.00. The number of carbonyl (C=O) groups excluding carboxylic acids is 1. The second kappa shape index (κ2) is 8.53. The molecule has 0 radical (unpaired) electrons. The molecule has 0 bridgehead atoms. The van der Waals surface area contributed by atoms with E-state index in [2.05, 4.69) is 15.3 Å². The molecule has 4 heterocycles. The van der Waals surface area contributed by atoms with Crippen LogP contribution >= 0.6 is 22.9 Å². The van der Waals surface area contributed by atoms with Crippen LogP contribution in [0.4, 0.5) is 5.69 Å². The number of thiophene rings is 1. The predicted molar refractivity (Wildman–Crippen MR) is 128 cm³/mol. The first-order valence-corrected chi connectivity index (χ1v) is 11.2. The summed E-state index contributed by atoms with van der Waals surface area (Å²) in [7, 11) is 0. The van der Waals surface area contributed by atoms with Gasteiger partial charge in [-0.15, -0.1) is 11.3 Å². The van der Waals surface area contributed by atoms with Gasteiger partial charge in [0, 0.05) is 28.5 Å². The average molecular weight is 460 g/mol. The lowest BCUT2D eigenvalue weighted by Gasteiger charge is -2.11. The maximum Gasteiger partial charge on any atom is 0.229 e. The molecule has 0 atom stereocenters. The van der Waals surface area contributed by atoms with E-state index in [-0.39, 0.29) is 11.2 Å². The smallest absolute Gasteiger partial charge is 0.229 e. The van der Waals surface area contributed by atoms with Crippen molar-refractivity contribution in [3.63, 3.8) is 0 Å². The Morgan fingerprint density at radius 1 is 1.16 bits per heavy atom. The monoisotopic (exact) mass is 459 g/mol. The van der Waals surface area contributed by atoms with E-state index in [1.807, 2.05) is 77.6 Å². The van der Waals surface area contributed by atoms with Crippen LogP contribution in [0.15, 0.2) is 72.4 Å². The van der Waals surface area contributed by atoms with Crippen LogP contribution in [0.1, 0.15) is 10.4 Å². The molecule has 5 aromatic rings. The second-order valence-electron chi connectivity index (χ2n) is 7.30. The van der Waals surface area contributed by atoms with Gasteiger partial charge in [-0.2, -0.15) is 5.10 Å². The van der Waals surface area contributed by atoms with Crippen molar-refractivity contribution >= 4 is 40.0 Å². The molecule has 0 saturated carbocycles. The summed E-state index contributed by atoms with van der Waals surface area (Å²) in [6, 6.07) is 17.5. The van der Waals surface area contributed by atoms with Gasteiger partial charge in [-0.05, 0) is 59.8 Å². The number of nitrogens with one attached hydrogen (secondary N) is 1. The SMILES string of the molecule is Cc1ccc(-c2nn3ccccc3c2-c2ccnc(Cl)n2)cc1NC(=O)Cc1cccs1. The first kappa shape index (κ1) is 20.4. The summed E-state index contributed by atoms with van der Waals surface area (Å²) in [5, 5.41) is 10.00. The minimum Gasteiger partial charge on any atom is -0.326 e. The molecular formula is C24H18ClN5OS. The van der Waals surface area contributed by atoms with Crippen LogP contribution < -0.4 is 5.32 Å². The first-order chi connectivity index (χ1) is 15.6. The van der Waals surface area contributed by atoms with Gasteiger partial charge in [0.05, 0.1) is 23.2 Å². The summed E-state index contributed by atoms with van der Waals surface area (Å²) in [6.07, 6.45) is 3.87. The summed E-state index contributed by atoms with van der Waals surface area (Å²) < 4.78 is 1.82. The van der Waals surface area contributed by atoms with Gasteiger partial charge in [0.15, 0.2) is 0 Å². The van der Waals surface area contributed by atoms with E-state index >= 15 is 0 Å².